The minimum atomic E-state index is -0.489. The van der Waals surface area contributed by atoms with Crippen LogP contribution in [0.15, 0.2) is 23.1 Å². The molecule has 21 heavy (non-hydrogen) atoms. The first-order chi connectivity index (χ1) is 9.74. The van der Waals surface area contributed by atoms with Gasteiger partial charge in [0.15, 0.2) is 0 Å². The van der Waals surface area contributed by atoms with Crippen molar-refractivity contribution >= 4 is 18.5 Å². The number of hydrogen-bond donors (Lipinski definition) is 2. The highest BCUT2D eigenvalue weighted by Gasteiger charge is 2.59. The van der Waals surface area contributed by atoms with E-state index in [-0.39, 0.29) is 28.3 Å². The summed E-state index contributed by atoms with van der Waals surface area (Å²) in [4.78, 5) is 13.1. The summed E-state index contributed by atoms with van der Waals surface area (Å²) in [5.41, 5.74) is 0.293. The molecule has 0 saturated heterocycles. The number of hydrogen-bond acceptors (Lipinski definition) is 2. The number of carbonyl (C=O) groups excluding carboxylic acids is 1. The van der Waals surface area contributed by atoms with Crippen LogP contribution in [0, 0.1) is 22.6 Å². The van der Waals surface area contributed by atoms with Crippen LogP contribution in [0.3, 0.4) is 0 Å². The van der Waals surface area contributed by atoms with E-state index in [0.717, 1.165) is 12.8 Å². The lowest BCUT2D eigenvalue weighted by Crippen LogP contribution is -2.52. The van der Waals surface area contributed by atoms with E-state index in [1.54, 1.807) is 6.07 Å². The van der Waals surface area contributed by atoms with Crippen LogP contribution >= 0.6 is 12.6 Å². The van der Waals surface area contributed by atoms with Crippen molar-refractivity contribution in [3.63, 3.8) is 0 Å². The Labute approximate surface area is 130 Å². The SMILES string of the molecule is CC12CCC(C1)C(C)(C)C2NC(=O)c1cc(S)ccc1F. The first kappa shape index (κ1) is 14.9. The number of halogens is 1. The molecule has 2 nitrogen and oxygen atoms in total. The Morgan fingerprint density at radius 2 is 2.10 bits per heavy atom. The Kier molecular flexibility index (Phi) is 3.36. The van der Waals surface area contributed by atoms with Crippen LogP contribution in [0.5, 0.6) is 0 Å². The van der Waals surface area contributed by atoms with Gasteiger partial charge in [0.05, 0.1) is 5.56 Å². The van der Waals surface area contributed by atoms with Gasteiger partial charge in [0.2, 0.25) is 0 Å². The maximum absolute atomic E-state index is 13.9. The van der Waals surface area contributed by atoms with Crippen molar-refractivity contribution in [2.75, 3.05) is 0 Å². The van der Waals surface area contributed by atoms with Crippen molar-refractivity contribution in [3.05, 3.63) is 29.6 Å². The highest BCUT2D eigenvalue weighted by Crippen LogP contribution is 2.62. The molecule has 1 aromatic carbocycles. The first-order valence-electron chi connectivity index (χ1n) is 7.53. The van der Waals surface area contributed by atoms with Crippen molar-refractivity contribution in [1.29, 1.82) is 0 Å². The molecule has 114 valence electrons. The molecule has 4 heteroatoms. The normalized spacial score (nSPS) is 33.2. The van der Waals surface area contributed by atoms with Gasteiger partial charge >= 0.3 is 0 Å². The van der Waals surface area contributed by atoms with E-state index in [1.807, 2.05) is 0 Å². The second-order valence-corrected chi connectivity index (χ2v) is 8.00. The van der Waals surface area contributed by atoms with E-state index in [4.69, 9.17) is 0 Å². The van der Waals surface area contributed by atoms with Crippen LogP contribution in [0.25, 0.3) is 0 Å². The van der Waals surface area contributed by atoms with Crippen LogP contribution in [-0.2, 0) is 0 Å². The average Bonchev–Trinajstić information content (AvgIpc) is 2.88. The van der Waals surface area contributed by atoms with Crippen molar-refractivity contribution < 1.29 is 9.18 Å². The molecule has 2 aliphatic rings. The zero-order chi connectivity index (χ0) is 15.4. The van der Waals surface area contributed by atoms with Gasteiger partial charge in [0.25, 0.3) is 5.91 Å². The van der Waals surface area contributed by atoms with Gasteiger partial charge < -0.3 is 5.32 Å². The Morgan fingerprint density at radius 1 is 1.38 bits per heavy atom. The third kappa shape index (κ3) is 2.28. The number of benzene rings is 1. The lowest BCUT2D eigenvalue weighted by Gasteiger charge is -2.43. The van der Waals surface area contributed by atoms with Crippen LogP contribution in [0.1, 0.15) is 50.4 Å². The van der Waals surface area contributed by atoms with Crippen molar-refractivity contribution in [1.82, 2.24) is 5.32 Å². The largest absolute Gasteiger partial charge is 0.348 e. The Hall–Kier alpha value is -1.03. The van der Waals surface area contributed by atoms with Gasteiger partial charge in [-0.2, -0.15) is 0 Å². The molecule has 2 fully saturated rings. The molecule has 3 unspecified atom stereocenters. The van der Waals surface area contributed by atoms with E-state index < -0.39 is 5.82 Å². The lowest BCUT2D eigenvalue weighted by atomic mass is 9.68. The summed E-state index contributed by atoms with van der Waals surface area (Å²) in [7, 11) is 0. The third-order valence-corrected chi connectivity index (χ3v) is 6.02. The fourth-order valence-corrected chi connectivity index (χ4v) is 4.76. The molecule has 3 rings (SSSR count). The maximum Gasteiger partial charge on any atom is 0.254 e. The minimum absolute atomic E-state index is 0.0672. The highest BCUT2D eigenvalue weighted by molar-refractivity contribution is 7.80. The molecule has 3 atom stereocenters. The number of nitrogens with one attached hydrogen (secondary N) is 1. The van der Waals surface area contributed by atoms with Gasteiger partial charge in [0, 0.05) is 10.9 Å². The topological polar surface area (TPSA) is 29.1 Å². The van der Waals surface area contributed by atoms with Crippen LogP contribution in [-0.4, -0.2) is 11.9 Å². The first-order valence-corrected chi connectivity index (χ1v) is 7.98. The zero-order valence-electron chi connectivity index (χ0n) is 12.7. The van der Waals surface area contributed by atoms with Crippen LogP contribution in [0.4, 0.5) is 4.39 Å². The van der Waals surface area contributed by atoms with Gasteiger partial charge in [-0.25, -0.2) is 4.39 Å². The van der Waals surface area contributed by atoms with E-state index in [1.165, 1.54) is 18.6 Å². The summed E-state index contributed by atoms with van der Waals surface area (Å²) < 4.78 is 13.9. The fraction of sp³-hybridized carbons (Fsp3) is 0.588. The summed E-state index contributed by atoms with van der Waals surface area (Å²) in [6, 6.07) is 4.44. The summed E-state index contributed by atoms with van der Waals surface area (Å²) in [6.07, 6.45) is 3.53. The van der Waals surface area contributed by atoms with E-state index in [0.29, 0.717) is 10.8 Å². The predicted octanol–water partition coefficient (Wildman–Crippen LogP) is 4.06. The smallest absolute Gasteiger partial charge is 0.254 e. The monoisotopic (exact) mass is 307 g/mol. The van der Waals surface area contributed by atoms with Gasteiger partial charge in [-0.1, -0.05) is 20.8 Å². The van der Waals surface area contributed by atoms with Gasteiger partial charge in [0.1, 0.15) is 5.82 Å². The van der Waals surface area contributed by atoms with E-state index in [9.17, 15) is 9.18 Å². The zero-order valence-corrected chi connectivity index (χ0v) is 13.6. The Morgan fingerprint density at radius 3 is 2.71 bits per heavy atom. The second-order valence-electron chi connectivity index (χ2n) is 7.49. The molecule has 0 aromatic heterocycles. The molecule has 2 saturated carbocycles. The number of thiol groups is 1. The quantitative estimate of drug-likeness (QED) is 0.793. The number of rotatable bonds is 2. The molecular formula is C17H22FNOS. The number of amides is 1. The molecule has 1 aromatic rings. The molecule has 0 radical (unpaired) electrons. The molecule has 1 N–H and O–H groups in total. The predicted molar refractivity (Wildman–Crippen MR) is 84.1 cm³/mol. The number of carbonyl (C=O) groups is 1. The lowest BCUT2D eigenvalue weighted by molar-refractivity contribution is 0.0734. The standard InChI is InChI=1S/C17H22FNOS/c1-16(2)10-6-7-17(3,9-10)15(16)19-14(20)12-8-11(21)4-5-13(12)18/h4-5,8,10,15,21H,6-7,9H2,1-3H3,(H,19,20). The minimum Gasteiger partial charge on any atom is -0.348 e. The van der Waals surface area contributed by atoms with E-state index >= 15 is 0 Å². The molecular weight excluding hydrogens is 285 g/mol. The van der Waals surface area contributed by atoms with Crippen molar-refractivity contribution in [2.24, 2.45) is 16.7 Å². The molecule has 0 heterocycles. The van der Waals surface area contributed by atoms with Gasteiger partial charge in [-0.3, -0.25) is 4.79 Å². The molecule has 1 amide bonds. The van der Waals surface area contributed by atoms with Gasteiger partial charge in [-0.15, -0.1) is 12.6 Å². The van der Waals surface area contributed by atoms with Crippen LogP contribution in [0.2, 0.25) is 0 Å². The van der Waals surface area contributed by atoms with E-state index in [2.05, 4.69) is 38.7 Å². The Balaban J connectivity index is 1.86. The summed E-state index contributed by atoms with van der Waals surface area (Å²) in [6.45, 7) is 6.69. The van der Waals surface area contributed by atoms with Crippen LogP contribution < -0.4 is 5.32 Å². The summed E-state index contributed by atoms with van der Waals surface area (Å²) >= 11 is 4.19. The number of fused-ring (bicyclic) bond motifs is 2. The van der Waals surface area contributed by atoms with Gasteiger partial charge in [-0.05, 0) is 54.2 Å². The highest BCUT2D eigenvalue weighted by atomic mass is 32.1. The molecule has 0 spiro atoms. The molecule has 2 aliphatic carbocycles. The molecule has 2 bridgehead atoms. The summed E-state index contributed by atoms with van der Waals surface area (Å²) in [5.74, 6) is -0.166. The maximum atomic E-state index is 13.9. The average molecular weight is 307 g/mol. The molecule has 0 aliphatic heterocycles. The van der Waals surface area contributed by atoms with Crippen molar-refractivity contribution in [3.8, 4) is 0 Å². The van der Waals surface area contributed by atoms with Crippen molar-refractivity contribution in [2.45, 2.75) is 51.0 Å². The third-order valence-electron chi connectivity index (χ3n) is 5.74. The summed E-state index contributed by atoms with van der Waals surface area (Å²) in [5, 5.41) is 3.11. The Bertz CT molecular complexity index is 596. The second kappa shape index (κ2) is 4.73. The fourth-order valence-electron chi connectivity index (χ4n) is 4.56.